The van der Waals surface area contributed by atoms with Crippen LogP contribution in [0.1, 0.15) is 35.6 Å². The molecule has 0 saturated carbocycles. The second-order valence-electron chi connectivity index (χ2n) is 17.1. The van der Waals surface area contributed by atoms with Gasteiger partial charge in [0.2, 0.25) is 5.88 Å². The van der Waals surface area contributed by atoms with Crippen LogP contribution in [0.3, 0.4) is 0 Å². The van der Waals surface area contributed by atoms with Crippen LogP contribution in [-0.2, 0) is 32.1 Å². The highest BCUT2D eigenvalue weighted by atomic mass is 19.4. The van der Waals surface area contributed by atoms with Crippen molar-refractivity contribution in [2.24, 2.45) is 0 Å². The number of hydrogen-bond acceptors (Lipinski definition) is 14. The van der Waals surface area contributed by atoms with Crippen molar-refractivity contribution in [3.8, 4) is 40.3 Å². The number of hydrogen-bond donors (Lipinski definition) is 3. The summed E-state index contributed by atoms with van der Waals surface area (Å²) in [7, 11) is 3.62. The number of ether oxygens (including phenoxy) is 6. The first-order chi connectivity index (χ1) is 34.8. The van der Waals surface area contributed by atoms with Crippen LogP contribution in [0.25, 0.3) is 22.0 Å². The fourth-order valence-electron chi connectivity index (χ4n) is 8.15. The summed E-state index contributed by atoms with van der Waals surface area (Å²) in [6, 6.07) is 19.4. The lowest BCUT2D eigenvalue weighted by Gasteiger charge is -2.30. The fourth-order valence-corrected chi connectivity index (χ4v) is 8.15. The van der Waals surface area contributed by atoms with Crippen LogP contribution in [-0.4, -0.2) is 135 Å². The molecule has 1 fully saturated rings. The zero-order valence-electron chi connectivity index (χ0n) is 40.9. The van der Waals surface area contributed by atoms with E-state index in [4.69, 9.17) is 32.9 Å². The van der Waals surface area contributed by atoms with Gasteiger partial charge in [-0.3, -0.25) is 9.59 Å². The van der Waals surface area contributed by atoms with E-state index >= 15 is 0 Å². The topological polar surface area (TPSA) is 178 Å². The number of halogens is 3. The monoisotopic (exact) mass is 998 g/mol. The van der Waals surface area contributed by atoms with Gasteiger partial charge in [0.05, 0.1) is 82.4 Å². The van der Waals surface area contributed by atoms with Crippen LogP contribution in [0.15, 0.2) is 88.4 Å². The van der Waals surface area contributed by atoms with Gasteiger partial charge in [-0.05, 0) is 101 Å². The fraction of sp³-hybridized carbons (Fsp3) is 0.423. The third kappa shape index (κ3) is 15.5. The quantitative estimate of drug-likeness (QED) is 0.0409. The molecule has 384 valence electrons. The minimum atomic E-state index is -4.42. The highest BCUT2D eigenvalue weighted by Crippen LogP contribution is 2.32. The molecule has 2 aromatic carbocycles. The maximum atomic E-state index is 13.7. The number of aryl methyl sites for hydroxylation is 2. The SMILES string of the molecule is COc1cc(OCCOCCOCCOCCNC(=O)COc2cc(Cn3cc(-c4c(C)noc4C)ccc3=O)ccn2)ccc1NCC#Cc1cc2c(NC3CCN(C)CC3)cccc2n1CC(F)(F)F. The predicted molar refractivity (Wildman–Crippen MR) is 266 cm³/mol. The Morgan fingerprint density at radius 2 is 1.67 bits per heavy atom. The second-order valence-corrected chi connectivity index (χ2v) is 17.1. The number of piperidine rings is 1. The Bertz CT molecular complexity index is 2830. The highest BCUT2D eigenvalue weighted by molar-refractivity contribution is 5.94. The molecule has 0 unspecified atom stereocenters. The number of methoxy groups -OCH3 is 1. The molecule has 17 nitrogen and oxygen atoms in total. The lowest BCUT2D eigenvalue weighted by Crippen LogP contribution is -2.36. The molecule has 3 N–H and O–H groups in total. The number of rotatable bonds is 25. The first kappa shape index (κ1) is 52.8. The Labute approximate surface area is 415 Å². The third-order valence-corrected chi connectivity index (χ3v) is 11.7. The molecule has 1 amide bonds. The summed E-state index contributed by atoms with van der Waals surface area (Å²) in [6.45, 7) is 7.22. The van der Waals surface area contributed by atoms with E-state index in [0.29, 0.717) is 66.9 Å². The average Bonchev–Trinajstić information content (AvgIpc) is 3.89. The maximum Gasteiger partial charge on any atom is 0.406 e. The van der Waals surface area contributed by atoms with Crippen molar-refractivity contribution in [1.82, 2.24) is 29.5 Å². The van der Waals surface area contributed by atoms with Gasteiger partial charge in [-0.2, -0.15) is 13.2 Å². The van der Waals surface area contributed by atoms with Gasteiger partial charge in [0.1, 0.15) is 30.4 Å². The van der Waals surface area contributed by atoms with Crippen LogP contribution < -0.4 is 35.7 Å². The summed E-state index contributed by atoms with van der Waals surface area (Å²) >= 11 is 0. The summed E-state index contributed by atoms with van der Waals surface area (Å²) in [6.07, 6.45) is 0.817. The number of amides is 1. The number of nitrogens with zero attached hydrogens (tertiary/aromatic N) is 5. The Morgan fingerprint density at radius 3 is 2.40 bits per heavy atom. The molecular weight excluding hydrogens is 938 g/mol. The van der Waals surface area contributed by atoms with Gasteiger partial charge in [-0.15, -0.1) is 0 Å². The second kappa shape index (κ2) is 25.9. The molecule has 1 aliphatic rings. The number of fused-ring (bicyclic) bond motifs is 1. The lowest BCUT2D eigenvalue weighted by atomic mass is 10.0. The van der Waals surface area contributed by atoms with Gasteiger partial charge in [0.15, 0.2) is 6.61 Å². The number of pyridine rings is 2. The van der Waals surface area contributed by atoms with Crippen LogP contribution in [0.2, 0.25) is 0 Å². The van der Waals surface area contributed by atoms with Crippen LogP contribution >= 0.6 is 0 Å². The third-order valence-electron chi connectivity index (χ3n) is 11.7. The van der Waals surface area contributed by atoms with Crippen molar-refractivity contribution in [3.63, 3.8) is 0 Å². The van der Waals surface area contributed by atoms with E-state index in [1.54, 1.807) is 71.6 Å². The number of carbonyl (C=O) groups excluding carboxylic acids is 1. The molecule has 6 aromatic rings. The Morgan fingerprint density at radius 1 is 0.903 bits per heavy atom. The van der Waals surface area contributed by atoms with Crippen molar-refractivity contribution in [3.05, 3.63) is 112 Å². The van der Waals surface area contributed by atoms with Crippen LogP contribution in [0.5, 0.6) is 17.4 Å². The standard InChI is InChI=1S/C52H61F3N8O9/c1-36-51(37(2)72-60-36)39-10-13-50(65)62(33-39)32-38-14-18-58-49(29-38)71-34-48(64)57-19-22-67-23-24-68-25-26-69-27-28-70-42-11-12-45(47(31-42)66-4)56-17-6-7-41-30-43-44(59-40-15-20-61(3)21-16-40)8-5-9-46(43)63(41)35-52(53,54)55/h5,8-14,18,29-31,33,40,56,59H,15-17,19-28,32,34-35H2,1-4H3,(H,57,64). The summed E-state index contributed by atoms with van der Waals surface area (Å²) in [5.74, 6) is 7.62. The van der Waals surface area contributed by atoms with Gasteiger partial charge >= 0.3 is 6.18 Å². The minimum Gasteiger partial charge on any atom is -0.494 e. The molecule has 7 rings (SSSR count). The van der Waals surface area contributed by atoms with E-state index in [1.807, 2.05) is 19.9 Å². The molecule has 1 saturated heterocycles. The first-order valence-corrected chi connectivity index (χ1v) is 23.7. The van der Waals surface area contributed by atoms with E-state index in [2.05, 4.69) is 49.9 Å². The van der Waals surface area contributed by atoms with E-state index in [9.17, 15) is 22.8 Å². The average molecular weight is 999 g/mol. The molecular formula is C52H61F3N8O9. The van der Waals surface area contributed by atoms with Crippen molar-refractivity contribution in [2.45, 2.75) is 52.0 Å². The van der Waals surface area contributed by atoms with Gasteiger partial charge in [-0.25, -0.2) is 4.98 Å². The smallest absolute Gasteiger partial charge is 0.406 e. The van der Waals surface area contributed by atoms with Crippen molar-refractivity contribution in [2.75, 3.05) is 104 Å². The Kier molecular flexibility index (Phi) is 19.0. The Hall–Kier alpha value is -7.05. The van der Waals surface area contributed by atoms with E-state index in [-0.39, 0.29) is 68.5 Å². The van der Waals surface area contributed by atoms with Gasteiger partial charge in [-0.1, -0.05) is 17.1 Å². The van der Waals surface area contributed by atoms with Gasteiger partial charge in [0.25, 0.3) is 11.5 Å². The summed E-state index contributed by atoms with van der Waals surface area (Å²) in [5.41, 5.74) is 5.22. The van der Waals surface area contributed by atoms with Crippen LogP contribution in [0, 0.1) is 25.7 Å². The van der Waals surface area contributed by atoms with Gasteiger partial charge < -0.3 is 62.9 Å². The Balaban J connectivity index is 0.736. The van der Waals surface area contributed by atoms with Crippen molar-refractivity contribution >= 4 is 28.2 Å². The number of likely N-dealkylation sites (tertiary alicyclic amines) is 1. The number of nitrogens with one attached hydrogen (secondary N) is 3. The molecule has 0 atom stereocenters. The summed E-state index contributed by atoms with van der Waals surface area (Å²) in [5, 5.41) is 14.2. The molecule has 1 aliphatic heterocycles. The maximum absolute atomic E-state index is 13.7. The molecule has 4 aromatic heterocycles. The van der Waals surface area contributed by atoms with Gasteiger partial charge in [0, 0.05) is 65.4 Å². The lowest BCUT2D eigenvalue weighted by molar-refractivity contribution is -0.140. The van der Waals surface area contributed by atoms with E-state index in [0.717, 1.165) is 54.0 Å². The molecule has 20 heteroatoms. The summed E-state index contributed by atoms with van der Waals surface area (Å²) in [4.78, 5) is 31.4. The normalized spacial score (nSPS) is 13.2. The number of carbonyl (C=O) groups is 1. The minimum absolute atomic E-state index is 0.161. The molecule has 72 heavy (non-hydrogen) atoms. The zero-order valence-corrected chi connectivity index (χ0v) is 40.9. The zero-order chi connectivity index (χ0) is 50.9. The number of anilines is 2. The largest absolute Gasteiger partial charge is 0.494 e. The van der Waals surface area contributed by atoms with Crippen molar-refractivity contribution in [1.29, 1.82) is 0 Å². The number of benzene rings is 2. The van der Waals surface area contributed by atoms with Crippen molar-refractivity contribution < 1.29 is 50.9 Å². The van der Waals surface area contributed by atoms with Crippen LogP contribution in [0.4, 0.5) is 24.5 Å². The molecule has 0 aliphatic carbocycles. The van der Waals surface area contributed by atoms with E-state index in [1.165, 1.54) is 17.7 Å². The molecule has 0 bridgehead atoms. The summed E-state index contributed by atoms with van der Waals surface area (Å²) < 4.78 is 83.1. The number of aromatic nitrogens is 4. The molecule has 0 spiro atoms. The molecule has 0 radical (unpaired) electrons. The highest BCUT2D eigenvalue weighted by Gasteiger charge is 2.30. The number of alkyl halides is 3. The first-order valence-electron chi connectivity index (χ1n) is 23.7. The molecule has 5 heterocycles. The predicted octanol–water partition coefficient (Wildman–Crippen LogP) is 6.68. The van der Waals surface area contributed by atoms with E-state index < -0.39 is 12.7 Å².